The highest BCUT2D eigenvalue weighted by Gasteiger charge is 2.35. The molecule has 5 nitrogen and oxygen atoms in total. The van der Waals surface area contributed by atoms with E-state index in [2.05, 4.69) is 0 Å². The van der Waals surface area contributed by atoms with Crippen LogP contribution in [0.1, 0.15) is 37.8 Å². The first-order valence-corrected chi connectivity index (χ1v) is 9.38. The van der Waals surface area contributed by atoms with Gasteiger partial charge in [0.15, 0.2) is 0 Å². The van der Waals surface area contributed by atoms with Crippen molar-refractivity contribution in [3.05, 3.63) is 23.3 Å². The van der Waals surface area contributed by atoms with Crippen LogP contribution in [0.25, 0.3) is 0 Å². The number of fused-ring (bicyclic) bond motifs is 1. The van der Waals surface area contributed by atoms with Crippen LogP contribution in [0.5, 0.6) is 5.75 Å². The fourth-order valence-corrected chi connectivity index (χ4v) is 3.49. The highest BCUT2D eigenvalue weighted by Crippen LogP contribution is 2.39. The first kappa shape index (κ1) is 17.1. The van der Waals surface area contributed by atoms with Gasteiger partial charge in [0.05, 0.1) is 17.9 Å². The quantitative estimate of drug-likeness (QED) is 0.619. The zero-order valence-electron chi connectivity index (χ0n) is 12.8. The molecule has 0 fully saturated rings. The number of hydrogen-bond donors (Lipinski definition) is 0. The zero-order valence-corrected chi connectivity index (χ0v) is 14.4. The molecule has 0 amide bonds. The number of carbonyl (C=O) groups excluding carboxylic acids is 1. The minimum Gasteiger partial charge on any atom is -0.486 e. The van der Waals surface area contributed by atoms with Gasteiger partial charge < -0.3 is 9.47 Å². The number of rotatable bonds is 4. The van der Waals surface area contributed by atoms with Crippen molar-refractivity contribution in [3.63, 3.8) is 0 Å². The SMILES string of the molecule is CCOC(=O)CC1(C)CCc2cc(S(=O)(=O)Cl)cc(C)c2O1. The van der Waals surface area contributed by atoms with Gasteiger partial charge in [-0.05, 0) is 56.9 Å². The highest BCUT2D eigenvalue weighted by atomic mass is 35.7. The second-order valence-electron chi connectivity index (χ2n) is 5.70. The Labute approximate surface area is 135 Å². The largest absolute Gasteiger partial charge is 0.486 e. The van der Waals surface area contributed by atoms with Gasteiger partial charge in [0.2, 0.25) is 0 Å². The normalized spacial score (nSPS) is 20.9. The molecule has 1 aliphatic rings. The van der Waals surface area contributed by atoms with Crippen molar-refractivity contribution < 1.29 is 22.7 Å². The Morgan fingerprint density at radius 3 is 2.73 bits per heavy atom. The van der Waals surface area contributed by atoms with Crippen molar-refractivity contribution >= 4 is 25.7 Å². The molecule has 1 aliphatic heterocycles. The zero-order chi connectivity index (χ0) is 16.5. The minimum atomic E-state index is -3.77. The maximum atomic E-state index is 11.7. The molecule has 0 radical (unpaired) electrons. The average Bonchev–Trinajstić information content (AvgIpc) is 2.38. The van der Waals surface area contributed by atoms with Crippen LogP contribution in [-0.4, -0.2) is 26.6 Å². The third kappa shape index (κ3) is 3.73. The van der Waals surface area contributed by atoms with Gasteiger partial charge in [0.1, 0.15) is 11.4 Å². The Hall–Kier alpha value is -1.27. The molecule has 0 saturated heterocycles. The summed E-state index contributed by atoms with van der Waals surface area (Å²) >= 11 is 0. The number of hydrogen-bond acceptors (Lipinski definition) is 5. The van der Waals surface area contributed by atoms with Gasteiger partial charge in [0, 0.05) is 10.7 Å². The molecule has 7 heteroatoms. The molecule has 0 aromatic heterocycles. The third-order valence-corrected chi connectivity index (χ3v) is 5.04. The van der Waals surface area contributed by atoms with Crippen molar-refractivity contribution in [1.82, 2.24) is 0 Å². The Morgan fingerprint density at radius 2 is 2.14 bits per heavy atom. The van der Waals surface area contributed by atoms with Crippen molar-refractivity contribution in [2.24, 2.45) is 0 Å². The third-order valence-electron chi connectivity index (χ3n) is 3.70. The summed E-state index contributed by atoms with van der Waals surface area (Å²) in [5.74, 6) is 0.327. The summed E-state index contributed by atoms with van der Waals surface area (Å²) in [4.78, 5) is 11.8. The number of halogens is 1. The summed E-state index contributed by atoms with van der Waals surface area (Å²) in [6.45, 7) is 5.72. The number of esters is 1. The molecular weight excluding hydrogens is 328 g/mol. The van der Waals surface area contributed by atoms with Crippen molar-refractivity contribution in [1.29, 1.82) is 0 Å². The molecule has 0 bridgehead atoms. The van der Waals surface area contributed by atoms with Gasteiger partial charge in [-0.3, -0.25) is 4.79 Å². The first-order valence-electron chi connectivity index (χ1n) is 7.07. The van der Waals surface area contributed by atoms with Crippen LogP contribution < -0.4 is 4.74 Å². The van der Waals surface area contributed by atoms with Gasteiger partial charge in [-0.2, -0.15) is 0 Å². The molecule has 1 unspecified atom stereocenters. The van der Waals surface area contributed by atoms with Crippen LogP contribution in [0, 0.1) is 6.92 Å². The molecule has 0 N–H and O–H groups in total. The van der Waals surface area contributed by atoms with E-state index in [4.69, 9.17) is 20.2 Å². The van der Waals surface area contributed by atoms with E-state index < -0.39 is 14.7 Å². The number of carbonyl (C=O) groups is 1. The first-order chi connectivity index (χ1) is 10.1. The van der Waals surface area contributed by atoms with Gasteiger partial charge in [-0.15, -0.1) is 0 Å². The summed E-state index contributed by atoms with van der Waals surface area (Å²) in [6.07, 6.45) is 1.38. The number of aryl methyl sites for hydroxylation is 2. The van der Waals surface area contributed by atoms with E-state index >= 15 is 0 Å². The maximum absolute atomic E-state index is 11.7. The van der Waals surface area contributed by atoms with Gasteiger partial charge in [0.25, 0.3) is 9.05 Å². The molecule has 22 heavy (non-hydrogen) atoms. The standard InChI is InChI=1S/C15H19ClO5S/c1-4-20-13(17)9-15(3)6-5-11-8-12(22(16,18)19)7-10(2)14(11)21-15/h7-8H,4-6,9H2,1-3H3. The smallest absolute Gasteiger partial charge is 0.309 e. The average molecular weight is 347 g/mol. The lowest BCUT2D eigenvalue weighted by molar-refractivity contribution is -0.147. The molecule has 1 aromatic carbocycles. The molecule has 0 saturated carbocycles. The lowest BCUT2D eigenvalue weighted by Gasteiger charge is -2.36. The molecule has 0 spiro atoms. The molecule has 1 heterocycles. The summed E-state index contributed by atoms with van der Waals surface area (Å²) in [7, 11) is 1.63. The lowest BCUT2D eigenvalue weighted by Crippen LogP contribution is -2.39. The van der Waals surface area contributed by atoms with E-state index in [0.29, 0.717) is 30.8 Å². The van der Waals surface area contributed by atoms with Crippen LogP contribution in [0.4, 0.5) is 0 Å². The van der Waals surface area contributed by atoms with E-state index in [9.17, 15) is 13.2 Å². The van der Waals surface area contributed by atoms with Crippen LogP contribution in [0.2, 0.25) is 0 Å². The van der Waals surface area contributed by atoms with Crippen molar-refractivity contribution in [3.8, 4) is 5.75 Å². The monoisotopic (exact) mass is 346 g/mol. The molecule has 1 atom stereocenters. The molecular formula is C15H19ClO5S. The Kier molecular flexibility index (Phi) is 4.73. The summed E-state index contributed by atoms with van der Waals surface area (Å²) < 4.78 is 33.9. The summed E-state index contributed by atoms with van der Waals surface area (Å²) in [6, 6.07) is 3.02. The Bertz CT molecular complexity index is 698. The van der Waals surface area contributed by atoms with E-state index in [1.165, 1.54) is 12.1 Å². The lowest BCUT2D eigenvalue weighted by atomic mass is 9.89. The van der Waals surface area contributed by atoms with Crippen molar-refractivity contribution in [2.45, 2.75) is 50.5 Å². The predicted octanol–water partition coefficient (Wildman–Crippen LogP) is 2.96. The molecule has 2 rings (SSSR count). The molecule has 122 valence electrons. The molecule has 0 aliphatic carbocycles. The predicted molar refractivity (Wildman–Crippen MR) is 82.8 cm³/mol. The van der Waals surface area contributed by atoms with Gasteiger partial charge in [-0.1, -0.05) is 0 Å². The van der Waals surface area contributed by atoms with E-state index in [1.807, 2.05) is 6.92 Å². The Balaban J connectivity index is 2.30. The van der Waals surface area contributed by atoms with Crippen LogP contribution in [0.15, 0.2) is 17.0 Å². The van der Waals surface area contributed by atoms with Crippen LogP contribution in [0.3, 0.4) is 0 Å². The van der Waals surface area contributed by atoms with E-state index in [0.717, 1.165) is 5.56 Å². The summed E-state index contributed by atoms with van der Waals surface area (Å²) in [5.41, 5.74) is 0.831. The fourth-order valence-electron chi connectivity index (χ4n) is 2.62. The summed E-state index contributed by atoms with van der Waals surface area (Å²) in [5, 5.41) is 0. The van der Waals surface area contributed by atoms with Crippen LogP contribution in [-0.2, 0) is 25.0 Å². The van der Waals surface area contributed by atoms with Gasteiger partial charge >= 0.3 is 5.97 Å². The second-order valence-corrected chi connectivity index (χ2v) is 8.27. The minimum absolute atomic E-state index is 0.0722. The molecule has 1 aromatic rings. The second kappa shape index (κ2) is 6.08. The highest BCUT2D eigenvalue weighted by molar-refractivity contribution is 8.13. The Morgan fingerprint density at radius 1 is 1.45 bits per heavy atom. The topological polar surface area (TPSA) is 69.7 Å². The van der Waals surface area contributed by atoms with Gasteiger partial charge in [-0.25, -0.2) is 8.42 Å². The van der Waals surface area contributed by atoms with Crippen molar-refractivity contribution in [2.75, 3.05) is 6.61 Å². The number of ether oxygens (including phenoxy) is 2. The van der Waals surface area contributed by atoms with E-state index in [1.54, 1.807) is 13.8 Å². The van der Waals surface area contributed by atoms with E-state index in [-0.39, 0.29) is 17.3 Å². The van der Waals surface area contributed by atoms with Crippen LogP contribution >= 0.6 is 10.7 Å². The number of benzene rings is 1. The maximum Gasteiger partial charge on any atom is 0.309 e. The fraction of sp³-hybridized carbons (Fsp3) is 0.533.